The summed E-state index contributed by atoms with van der Waals surface area (Å²) in [7, 11) is 0. The highest BCUT2D eigenvalue weighted by Gasteiger charge is 2.35. The smallest absolute Gasteiger partial charge is 0.180 e. The highest BCUT2D eigenvalue weighted by Crippen LogP contribution is 2.34. The van der Waals surface area contributed by atoms with E-state index < -0.39 is 0 Å². The zero-order chi connectivity index (χ0) is 22.4. The zero-order valence-electron chi connectivity index (χ0n) is 17.2. The van der Waals surface area contributed by atoms with E-state index >= 15 is 0 Å². The number of thioether (sulfide) groups is 1. The minimum absolute atomic E-state index is 0.00169. The molecule has 2 aromatic rings. The Morgan fingerprint density at radius 3 is 2.84 bits per heavy atom. The molecule has 2 heterocycles. The van der Waals surface area contributed by atoms with Gasteiger partial charge in [-0.1, -0.05) is 35.0 Å². The van der Waals surface area contributed by atoms with E-state index in [1.54, 1.807) is 12.3 Å². The highest BCUT2D eigenvalue weighted by molar-refractivity contribution is 7.99. The molecule has 0 aliphatic carbocycles. The third-order valence-electron chi connectivity index (χ3n) is 4.58. The lowest BCUT2D eigenvalue weighted by Crippen LogP contribution is -2.49. The third kappa shape index (κ3) is 6.89. The first-order valence-electron chi connectivity index (χ1n) is 9.78. The Morgan fingerprint density at radius 1 is 1.45 bits per heavy atom. The molecular formula is C20H26Cl2N4O3S2. The largest absolute Gasteiger partial charge is 0.396 e. The van der Waals surface area contributed by atoms with Crippen molar-refractivity contribution in [2.24, 2.45) is 5.73 Å². The van der Waals surface area contributed by atoms with Crippen LogP contribution in [0.15, 0.2) is 34.7 Å². The fourth-order valence-corrected chi connectivity index (χ4v) is 4.85. The summed E-state index contributed by atoms with van der Waals surface area (Å²) >= 11 is 15.1. The van der Waals surface area contributed by atoms with E-state index in [1.807, 2.05) is 31.4 Å². The van der Waals surface area contributed by atoms with E-state index in [2.05, 4.69) is 10.3 Å². The van der Waals surface area contributed by atoms with Crippen LogP contribution in [0.5, 0.6) is 0 Å². The van der Waals surface area contributed by atoms with E-state index in [0.29, 0.717) is 46.3 Å². The van der Waals surface area contributed by atoms with Crippen LogP contribution in [-0.2, 0) is 14.2 Å². The van der Waals surface area contributed by atoms with Crippen molar-refractivity contribution in [2.45, 2.75) is 42.5 Å². The first kappa shape index (κ1) is 24.4. The van der Waals surface area contributed by atoms with Gasteiger partial charge in [-0.15, -0.1) is 11.3 Å². The average Bonchev–Trinajstić information content (AvgIpc) is 3.18. The maximum atomic E-state index is 6.35. The van der Waals surface area contributed by atoms with Crippen LogP contribution in [-0.4, -0.2) is 48.5 Å². The van der Waals surface area contributed by atoms with Crippen LogP contribution in [0.3, 0.4) is 0 Å². The molecule has 1 aromatic carbocycles. The van der Waals surface area contributed by atoms with Crippen molar-refractivity contribution in [2.75, 3.05) is 25.5 Å². The molecule has 0 amide bonds. The van der Waals surface area contributed by atoms with Crippen molar-refractivity contribution in [3.63, 3.8) is 0 Å². The fraction of sp³-hybridized carbons (Fsp3) is 0.450. The molecule has 4 atom stereocenters. The minimum Gasteiger partial charge on any atom is -0.396 e. The quantitative estimate of drug-likeness (QED) is 0.308. The summed E-state index contributed by atoms with van der Waals surface area (Å²) < 4.78 is 17.8. The van der Waals surface area contributed by atoms with Crippen molar-refractivity contribution in [3.8, 4) is 0 Å². The van der Waals surface area contributed by atoms with Crippen molar-refractivity contribution < 1.29 is 14.2 Å². The van der Waals surface area contributed by atoms with Gasteiger partial charge in [0.05, 0.1) is 28.5 Å². The molecule has 0 bridgehead atoms. The molecular weight excluding hydrogens is 479 g/mol. The van der Waals surface area contributed by atoms with Crippen molar-refractivity contribution in [1.82, 2.24) is 10.3 Å². The first-order chi connectivity index (χ1) is 14.9. The number of nitrogens with two attached hydrogens (primary N) is 2. The summed E-state index contributed by atoms with van der Waals surface area (Å²) in [5.74, 6) is 0. The van der Waals surface area contributed by atoms with Crippen LogP contribution in [0, 0.1) is 0 Å². The lowest BCUT2D eigenvalue weighted by atomic mass is 10.1. The Morgan fingerprint density at radius 2 is 2.26 bits per heavy atom. The number of nitrogen functional groups attached to an aromatic ring is 1. The molecule has 1 fully saturated rings. The number of anilines is 1. The second-order valence-corrected chi connectivity index (χ2v) is 9.72. The van der Waals surface area contributed by atoms with Gasteiger partial charge in [0.25, 0.3) is 0 Å². The SMILES string of the molecule is CCO[C@@H](CN/C=C(\N)c1csc(N)n1)C(OC1COC1C)Sc1ccc(Cl)c(Cl)c1. The number of hydrogen-bond acceptors (Lipinski definition) is 9. The van der Waals surface area contributed by atoms with Gasteiger partial charge in [-0.3, -0.25) is 0 Å². The molecule has 1 aliphatic rings. The molecule has 31 heavy (non-hydrogen) atoms. The fourth-order valence-electron chi connectivity index (χ4n) is 2.79. The number of ether oxygens (including phenoxy) is 3. The Hall–Kier alpha value is -1.20. The van der Waals surface area contributed by atoms with Gasteiger partial charge in [0.1, 0.15) is 23.3 Å². The predicted octanol–water partition coefficient (Wildman–Crippen LogP) is 4.21. The third-order valence-corrected chi connectivity index (χ3v) is 7.16. The standard InChI is InChI=1S/C20H26Cl2N4O3S2/c1-3-27-17(8-25-7-15(23)16-10-30-20(24)26-16)19(29-18-9-28-11(18)2)31-12-4-5-13(21)14(22)6-12/h4-7,10-11,17-19,25H,3,8-9,23H2,1-2H3,(H2,24,26)/b15-7-/t11?,17-,18?,19?/m0/s1. The molecule has 1 aromatic heterocycles. The van der Waals surface area contributed by atoms with Gasteiger partial charge in [-0.05, 0) is 32.0 Å². The summed E-state index contributed by atoms with van der Waals surface area (Å²) in [6.45, 7) is 5.52. The van der Waals surface area contributed by atoms with Crippen molar-refractivity contribution in [3.05, 3.63) is 45.5 Å². The number of nitrogens with zero attached hydrogens (tertiary/aromatic N) is 1. The molecule has 5 N–H and O–H groups in total. The van der Waals surface area contributed by atoms with Gasteiger partial charge in [0.15, 0.2) is 5.13 Å². The van der Waals surface area contributed by atoms with Crippen LogP contribution in [0.2, 0.25) is 10.0 Å². The number of hydrogen-bond donors (Lipinski definition) is 3. The maximum Gasteiger partial charge on any atom is 0.180 e. The van der Waals surface area contributed by atoms with Gasteiger partial charge >= 0.3 is 0 Å². The second-order valence-electron chi connectivity index (χ2n) is 6.85. The lowest BCUT2D eigenvalue weighted by molar-refractivity contribution is -0.198. The van der Waals surface area contributed by atoms with Crippen LogP contribution in [0.4, 0.5) is 5.13 Å². The topological polar surface area (TPSA) is 105 Å². The molecule has 1 saturated heterocycles. The van der Waals surface area contributed by atoms with E-state index in [9.17, 15) is 0 Å². The summed E-state index contributed by atoms with van der Waals surface area (Å²) in [6, 6.07) is 5.51. The van der Waals surface area contributed by atoms with E-state index in [0.717, 1.165) is 4.90 Å². The van der Waals surface area contributed by atoms with Crippen LogP contribution < -0.4 is 16.8 Å². The Kier molecular flexibility index (Phi) is 9.15. The number of nitrogens with one attached hydrogen (secondary N) is 1. The molecule has 0 radical (unpaired) electrons. The Bertz CT molecular complexity index is 899. The van der Waals surface area contributed by atoms with Crippen molar-refractivity contribution in [1.29, 1.82) is 0 Å². The maximum absolute atomic E-state index is 6.35. The Balaban J connectivity index is 1.71. The minimum atomic E-state index is -0.300. The molecule has 3 rings (SSSR count). The van der Waals surface area contributed by atoms with E-state index in [1.165, 1.54) is 23.1 Å². The van der Waals surface area contributed by atoms with E-state index in [4.69, 9.17) is 48.9 Å². The number of halogens is 2. The zero-order valence-corrected chi connectivity index (χ0v) is 20.4. The molecule has 1 aliphatic heterocycles. The molecule has 170 valence electrons. The van der Waals surface area contributed by atoms with E-state index in [-0.39, 0.29) is 23.7 Å². The number of aromatic nitrogens is 1. The van der Waals surface area contributed by atoms with Gasteiger partial charge in [-0.2, -0.15) is 0 Å². The molecule has 0 spiro atoms. The van der Waals surface area contributed by atoms with Gasteiger partial charge in [-0.25, -0.2) is 4.98 Å². The van der Waals surface area contributed by atoms with Crippen LogP contribution in [0.1, 0.15) is 19.5 Å². The molecule has 7 nitrogen and oxygen atoms in total. The van der Waals surface area contributed by atoms with Gasteiger partial charge in [0.2, 0.25) is 0 Å². The summed E-state index contributed by atoms with van der Waals surface area (Å²) in [6.07, 6.45) is 1.48. The number of rotatable bonds is 11. The molecule has 11 heteroatoms. The van der Waals surface area contributed by atoms with Crippen LogP contribution >= 0.6 is 46.3 Å². The summed E-state index contributed by atoms with van der Waals surface area (Å²) in [5, 5.41) is 6.52. The molecule has 3 unspecified atom stereocenters. The highest BCUT2D eigenvalue weighted by atomic mass is 35.5. The summed E-state index contributed by atoms with van der Waals surface area (Å²) in [5.41, 5.74) is 12.6. The molecule has 0 saturated carbocycles. The van der Waals surface area contributed by atoms with Crippen molar-refractivity contribution >= 4 is 57.1 Å². The lowest BCUT2D eigenvalue weighted by Gasteiger charge is -2.38. The normalized spacial score (nSPS) is 20.8. The number of thiazole rings is 1. The second kappa shape index (κ2) is 11.6. The average molecular weight is 505 g/mol. The van der Waals surface area contributed by atoms with Gasteiger partial charge in [0, 0.05) is 29.6 Å². The van der Waals surface area contributed by atoms with Crippen LogP contribution in [0.25, 0.3) is 5.70 Å². The predicted molar refractivity (Wildman–Crippen MR) is 129 cm³/mol. The number of benzene rings is 1. The van der Waals surface area contributed by atoms with Gasteiger partial charge < -0.3 is 31.0 Å². The Labute approximate surface area is 200 Å². The first-order valence-corrected chi connectivity index (χ1v) is 12.3. The summed E-state index contributed by atoms with van der Waals surface area (Å²) in [4.78, 5) is 5.12. The monoisotopic (exact) mass is 504 g/mol.